The minimum atomic E-state index is -6.02. The summed E-state index contributed by atoms with van der Waals surface area (Å²) in [4.78, 5) is 0. The SMILES string of the molecule is O=[Te](=O)([O-])[O-].O=[Te](=O)([O-])[O-].O=[Te](=O)([O-])[O-].[Al].[Al]. The van der Waals surface area contributed by atoms with Gasteiger partial charge in [0, 0.05) is 34.7 Å². The monoisotopic (exact) mass is 636 g/mol. The maximum atomic E-state index is 8.63. The van der Waals surface area contributed by atoms with Crippen molar-refractivity contribution in [1.82, 2.24) is 0 Å². The van der Waals surface area contributed by atoms with Crippen molar-refractivity contribution in [2.24, 2.45) is 0 Å². The molecule has 0 rings (SSSR count). The molecule has 17 heavy (non-hydrogen) atoms. The second-order valence-corrected chi connectivity index (χ2v) is 8.22. The Balaban J connectivity index is -0.0000000400. The third-order valence-electron chi connectivity index (χ3n) is 0. The molecule has 0 aromatic rings. The van der Waals surface area contributed by atoms with Gasteiger partial charge in [0.2, 0.25) is 0 Å². The van der Waals surface area contributed by atoms with Gasteiger partial charge in [-0.15, -0.1) is 0 Å². The molecule has 0 saturated heterocycles. The van der Waals surface area contributed by atoms with Gasteiger partial charge in [-0.3, -0.25) is 0 Å². The van der Waals surface area contributed by atoms with E-state index in [0.717, 1.165) is 0 Å². The van der Waals surface area contributed by atoms with Gasteiger partial charge in [-0.25, -0.2) is 0 Å². The first-order valence-electron chi connectivity index (χ1n) is 2.00. The summed E-state index contributed by atoms with van der Waals surface area (Å²) in [5, 5.41) is 0. The van der Waals surface area contributed by atoms with Crippen LogP contribution in [-0.2, 0) is 18.6 Å². The summed E-state index contributed by atoms with van der Waals surface area (Å²) in [6.07, 6.45) is 0. The number of hydrogen-bond acceptors (Lipinski definition) is 12. The third kappa shape index (κ3) is 1160. The van der Waals surface area contributed by atoms with Gasteiger partial charge in [0.05, 0.1) is 0 Å². The molecule has 102 valence electrons. The van der Waals surface area contributed by atoms with E-state index in [-0.39, 0.29) is 34.7 Å². The van der Waals surface area contributed by atoms with E-state index in [1.165, 1.54) is 0 Å². The van der Waals surface area contributed by atoms with Crippen LogP contribution in [0.3, 0.4) is 0 Å². The fourth-order valence-electron chi connectivity index (χ4n) is 0. The van der Waals surface area contributed by atoms with Crippen LogP contribution < -0.4 is 20.8 Å². The Kier molecular flexibility index (Phi) is 24.0. The van der Waals surface area contributed by atoms with Crippen molar-refractivity contribution in [3.63, 3.8) is 0 Å². The van der Waals surface area contributed by atoms with Crippen LogP contribution in [-0.4, -0.2) is 91.6 Å². The second kappa shape index (κ2) is 13.0. The second-order valence-electron chi connectivity index (χ2n) is 1.22. The summed E-state index contributed by atoms with van der Waals surface area (Å²) in [6, 6.07) is 0. The normalized spacial score (nSPS) is 10.2. The predicted molar refractivity (Wildman–Crippen MR) is 32.9 cm³/mol. The molecule has 0 N–H and O–H groups in total. The summed E-state index contributed by atoms with van der Waals surface area (Å²) in [6.45, 7) is 0. The van der Waals surface area contributed by atoms with E-state index < -0.39 is 56.9 Å². The summed E-state index contributed by atoms with van der Waals surface area (Å²) in [5.41, 5.74) is 0. The van der Waals surface area contributed by atoms with Gasteiger partial charge in [0.1, 0.15) is 0 Å². The Labute approximate surface area is 129 Å². The molecule has 6 radical (unpaired) electrons. The summed E-state index contributed by atoms with van der Waals surface area (Å²) in [5.74, 6) is 0. The van der Waals surface area contributed by atoms with E-state index in [4.69, 9.17) is 39.5 Å². The Morgan fingerprint density at radius 1 is 0.412 bits per heavy atom. The van der Waals surface area contributed by atoms with Crippen LogP contribution in [0.5, 0.6) is 0 Å². The topological polar surface area (TPSA) is 241 Å². The summed E-state index contributed by atoms with van der Waals surface area (Å²) in [7, 11) is 0. The Morgan fingerprint density at radius 2 is 0.412 bits per heavy atom. The molecule has 0 saturated carbocycles. The van der Waals surface area contributed by atoms with Gasteiger partial charge in [0.25, 0.3) is 0 Å². The molecule has 0 spiro atoms. The zero-order chi connectivity index (χ0) is 13.5. The molecule has 12 nitrogen and oxygen atoms in total. The minimum Gasteiger partial charge on any atom is 0 e. The van der Waals surface area contributed by atoms with Crippen LogP contribution in [0.1, 0.15) is 0 Å². The molecule has 0 bridgehead atoms. The van der Waals surface area contributed by atoms with Gasteiger partial charge >= 0.3 is 96.4 Å². The molecule has 17 heteroatoms. The number of rotatable bonds is 0. The van der Waals surface area contributed by atoms with E-state index in [1.54, 1.807) is 0 Å². The Hall–Kier alpha value is 1.99. The van der Waals surface area contributed by atoms with Gasteiger partial charge in [-0.2, -0.15) is 0 Å². The molecular weight excluding hydrogens is 629 g/mol. The van der Waals surface area contributed by atoms with E-state index in [9.17, 15) is 0 Å². The molecule has 0 aliphatic carbocycles. The molecule has 0 amide bonds. The molecule has 0 heterocycles. The van der Waals surface area contributed by atoms with Crippen molar-refractivity contribution < 1.29 is 39.5 Å². The summed E-state index contributed by atoms with van der Waals surface area (Å²) >= 11 is -18.1. The largest absolute Gasteiger partial charge is 0 e. The van der Waals surface area contributed by atoms with Crippen molar-refractivity contribution in [2.75, 3.05) is 0 Å². The van der Waals surface area contributed by atoms with Crippen LogP contribution in [0.15, 0.2) is 0 Å². The first kappa shape index (κ1) is 31.4. The Bertz CT molecular complexity index is 341. The average Bonchev–Trinajstić information content (AvgIpc) is 1.41. The first-order chi connectivity index (χ1) is 6.00. The maximum Gasteiger partial charge on any atom is 0 e. The van der Waals surface area contributed by atoms with Crippen LogP contribution in [0.25, 0.3) is 0 Å². The number of hydrogen-bond donors (Lipinski definition) is 0. The zero-order valence-electron chi connectivity index (χ0n) is 7.28. The molecular formula is Al2O12Te3-6. The van der Waals surface area contributed by atoms with Gasteiger partial charge in [-0.1, -0.05) is 0 Å². The fourth-order valence-corrected chi connectivity index (χ4v) is 0. The van der Waals surface area contributed by atoms with Gasteiger partial charge in [-0.05, 0) is 0 Å². The molecule has 0 atom stereocenters. The van der Waals surface area contributed by atoms with Crippen molar-refractivity contribution in [3.05, 3.63) is 0 Å². The van der Waals surface area contributed by atoms with Gasteiger partial charge in [0.15, 0.2) is 0 Å². The maximum absolute atomic E-state index is 8.63. The zero-order valence-corrected chi connectivity index (χ0v) is 16.6. The van der Waals surface area contributed by atoms with E-state index in [1.807, 2.05) is 0 Å². The van der Waals surface area contributed by atoms with Crippen LogP contribution >= 0.6 is 0 Å². The third-order valence-corrected chi connectivity index (χ3v) is 0. The molecule has 0 aromatic heterocycles. The van der Waals surface area contributed by atoms with Crippen LogP contribution in [0, 0.1) is 0 Å². The average molecular weight is 629 g/mol. The molecule has 0 aliphatic heterocycles. The fraction of sp³-hybridized carbons (Fsp3) is 0. The van der Waals surface area contributed by atoms with Crippen LogP contribution in [0.2, 0.25) is 0 Å². The molecule has 0 aliphatic rings. The molecule has 0 unspecified atom stereocenters. The molecule has 0 aromatic carbocycles. The van der Waals surface area contributed by atoms with E-state index >= 15 is 0 Å². The summed E-state index contributed by atoms with van der Waals surface area (Å²) < 4.78 is 104. The predicted octanol–water partition coefficient (Wildman–Crippen LogP) is -9.75. The van der Waals surface area contributed by atoms with Crippen molar-refractivity contribution in [2.45, 2.75) is 0 Å². The quantitative estimate of drug-likeness (QED) is 0.227. The van der Waals surface area contributed by atoms with Gasteiger partial charge < -0.3 is 0 Å². The standard InChI is InChI=1S/2Al.3H2O4Te/c;;3*1-5(2,3)4/h;;3*(H2,1,2,3,4)/p-6. The Morgan fingerprint density at radius 3 is 0.412 bits per heavy atom. The van der Waals surface area contributed by atoms with Crippen molar-refractivity contribution >= 4 is 91.6 Å². The van der Waals surface area contributed by atoms with Crippen molar-refractivity contribution in [3.8, 4) is 0 Å². The van der Waals surface area contributed by atoms with E-state index in [0.29, 0.717) is 0 Å². The first-order valence-corrected chi connectivity index (χ1v) is 13.4. The van der Waals surface area contributed by atoms with Crippen molar-refractivity contribution in [1.29, 1.82) is 0 Å². The molecule has 0 fully saturated rings. The minimum absolute atomic E-state index is 0. The smallest absolute Gasteiger partial charge is 0 e. The van der Waals surface area contributed by atoms with E-state index in [2.05, 4.69) is 0 Å². The van der Waals surface area contributed by atoms with Crippen LogP contribution in [0.4, 0.5) is 0 Å².